The highest BCUT2D eigenvalue weighted by molar-refractivity contribution is 7.15. The number of aromatic nitrogens is 1. The molecule has 0 saturated carbocycles. The van der Waals surface area contributed by atoms with Crippen LogP contribution in [-0.4, -0.2) is 4.57 Å². The first-order chi connectivity index (χ1) is 8.56. The van der Waals surface area contributed by atoms with Gasteiger partial charge in [0.15, 0.2) is 5.58 Å². The molecule has 0 aliphatic heterocycles. The number of hydrogen-bond donors (Lipinski definition) is 0. The summed E-state index contributed by atoms with van der Waals surface area (Å²) in [6.07, 6.45) is 0. The van der Waals surface area contributed by atoms with Crippen LogP contribution in [-0.2, 0) is 7.05 Å². The standard InChI is InChI=1S/C13H10FNO2S/c1-7-9(14)6-12(18-7)8-3-4-11-10(5-8)15(2)13(16)17-11/h3-6H,1-2H3. The zero-order valence-corrected chi connectivity index (χ0v) is 10.7. The molecule has 3 aromatic rings. The van der Waals surface area contributed by atoms with Crippen molar-refractivity contribution < 1.29 is 8.81 Å². The number of halogens is 1. The van der Waals surface area contributed by atoms with Crippen LogP contribution in [0.15, 0.2) is 33.5 Å². The van der Waals surface area contributed by atoms with Gasteiger partial charge in [-0.3, -0.25) is 4.57 Å². The van der Waals surface area contributed by atoms with E-state index in [9.17, 15) is 9.18 Å². The third-order valence-electron chi connectivity index (χ3n) is 2.93. The van der Waals surface area contributed by atoms with Gasteiger partial charge >= 0.3 is 5.76 Å². The molecule has 0 amide bonds. The van der Waals surface area contributed by atoms with Gasteiger partial charge in [-0.25, -0.2) is 9.18 Å². The van der Waals surface area contributed by atoms with Crippen LogP contribution >= 0.6 is 11.3 Å². The van der Waals surface area contributed by atoms with E-state index in [4.69, 9.17) is 4.42 Å². The maximum atomic E-state index is 13.4. The third kappa shape index (κ3) is 1.59. The maximum Gasteiger partial charge on any atom is 0.419 e. The molecule has 0 N–H and O–H groups in total. The van der Waals surface area contributed by atoms with Crippen LogP contribution in [0.1, 0.15) is 4.88 Å². The Bertz CT molecular complexity index is 778. The Hall–Kier alpha value is -1.88. The quantitative estimate of drug-likeness (QED) is 0.675. The van der Waals surface area contributed by atoms with Gasteiger partial charge in [0.05, 0.1) is 5.52 Å². The van der Waals surface area contributed by atoms with Gasteiger partial charge in [-0.05, 0) is 36.8 Å². The van der Waals surface area contributed by atoms with Crippen molar-refractivity contribution in [3.63, 3.8) is 0 Å². The molecule has 5 heteroatoms. The molecule has 0 atom stereocenters. The zero-order valence-electron chi connectivity index (χ0n) is 9.86. The minimum Gasteiger partial charge on any atom is -0.408 e. The number of hydrogen-bond acceptors (Lipinski definition) is 3. The molecule has 3 nitrogen and oxygen atoms in total. The molecule has 0 spiro atoms. The smallest absolute Gasteiger partial charge is 0.408 e. The topological polar surface area (TPSA) is 35.1 Å². The lowest BCUT2D eigenvalue weighted by molar-refractivity contribution is 0.528. The van der Waals surface area contributed by atoms with Crippen LogP contribution in [0, 0.1) is 12.7 Å². The van der Waals surface area contributed by atoms with Gasteiger partial charge in [0, 0.05) is 16.8 Å². The average Bonchev–Trinajstić information content (AvgIpc) is 2.82. The summed E-state index contributed by atoms with van der Waals surface area (Å²) >= 11 is 1.40. The Balaban J connectivity index is 2.24. The van der Waals surface area contributed by atoms with Crippen molar-refractivity contribution in [1.29, 1.82) is 0 Å². The molecule has 0 fully saturated rings. The van der Waals surface area contributed by atoms with Crippen LogP contribution in [0.25, 0.3) is 21.5 Å². The summed E-state index contributed by atoms with van der Waals surface area (Å²) in [4.78, 5) is 12.9. The van der Waals surface area contributed by atoms with E-state index in [0.29, 0.717) is 16.0 Å². The van der Waals surface area contributed by atoms with Crippen molar-refractivity contribution in [1.82, 2.24) is 4.57 Å². The van der Waals surface area contributed by atoms with E-state index in [-0.39, 0.29) is 5.82 Å². The largest absolute Gasteiger partial charge is 0.419 e. The minimum atomic E-state index is -0.393. The fraction of sp³-hybridized carbons (Fsp3) is 0.154. The highest BCUT2D eigenvalue weighted by Gasteiger charge is 2.10. The second-order valence-corrected chi connectivity index (χ2v) is 5.38. The Morgan fingerprint density at radius 1 is 1.33 bits per heavy atom. The Kier molecular flexibility index (Phi) is 2.38. The number of nitrogens with zero attached hydrogens (tertiary/aromatic N) is 1. The first-order valence-corrected chi connectivity index (χ1v) is 6.24. The monoisotopic (exact) mass is 263 g/mol. The molecule has 0 aliphatic rings. The van der Waals surface area contributed by atoms with E-state index in [0.717, 1.165) is 10.4 Å². The zero-order chi connectivity index (χ0) is 12.9. The van der Waals surface area contributed by atoms with E-state index in [1.165, 1.54) is 22.0 Å². The summed E-state index contributed by atoms with van der Waals surface area (Å²) in [6.45, 7) is 1.75. The fourth-order valence-electron chi connectivity index (χ4n) is 1.88. The van der Waals surface area contributed by atoms with E-state index in [1.807, 2.05) is 12.1 Å². The van der Waals surface area contributed by atoms with Gasteiger partial charge in [-0.2, -0.15) is 0 Å². The summed E-state index contributed by atoms with van der Waals surface area (Å²) in [6, 6.07) is 6.92. The molecule has 2 heterocycles. The molecule has 0 saturated heterocycles. The number of fused-ring (bicyclic) bond motifs is 1. The van der Waals surface area contributed by atoms with Gasteiger partial charge in [-0.1, -0.05) is 0 Å². The maximum absolute atomic E-state index is 13.4. The lowest BCUT2D eigenvalue weighted by Gasteiger charge is -1.97. The Morgan fingerprint density at radius 2 is 2.11 bits per heavy atom. The van der Waals surface area contributed by atoms with E-state index in [2.05, 4.69) is 0 Å². The molecular weight excluding hydrogens is 253 g/mol. The van der Waals surface area contributed by atoms with Crippen molar-refractivity contribution in [2.24, 2.45) is 7.05 Å². The first-order valence-electron chi connectivity index (χ1n) is 5.42. The summed E-state index contributed by atoms with van der Waals surface area (Å²) < 4.78 is 19.9. The molecule has 92 valence electrons. The number of oxazole rings is 1. The molecule has 2 aromatic heterocycles. The lowest BCUT2D eigenvalue weighted by atomic mass is 10.1. The second-order valence-electron chi connectivity index (χ2n) is 4.12. The van der Waals surface area contributed by atoms with Crippen LogP contribution in [0.5, 0.6) is 0 Å². The van der Waals surface area contributed by atoms with Crippen LogP contribution in [0.3, 0.4) is 0 Å². The number of aryl methyl sites for hydroxylation is 2. The normalized spacial score (nSPS) is 11.3. The molecule has 3 rings (SSSR count). The highest BCUT2D eigenvalue weighted by atomic mass is 32.1. The third-order valence-corrected chi connectivity index (χ3v) is 4.01. The number of thiophene rings is 1. The van der Waals surface area contributed by atoms with E-state index < -0.39 is 5.76 Å². The van der Waals surface area contributed by atoms with Crippen LogP contribution in [0.2, 0.25) is 0 Å². The molecular formula is C13H10FNO2S. The van der Waals surface area contributed by atoms with Crippen molar-refractivity contribution in [2.75, 3.05) is 0 Å². The molecule has 18 heavy (non-hydrogen) atoms. The molecule has 1 aromatic carbocycles. The molecule has 0 bridgehead atoms. The Labute approximate surface area is 106 Å². The molecule has 0 aliphatic carbocycles. The molecule has 0 unspecified atom stereocenters. The van der Waals surface area contributed by atoms with Gasteiger partial charge < -0.3 is 4.42 Å². The van der Waals surface area contributed by atoms with Gasteiger partial charge in [-0.15, -0.1) is 11.3 Å². The fourth-order valence-corrected chi connectivity index (χ4v) is 2.78. The van der Waals surface area contributed by atoms with E-state index in [1.54, 1.807) is 20.0 Å². The highest BCUT2D eigenvalue weighted by Crippen LogP contribution is 2.31. The lowest BCUT2D eigenvalue weighted by Crippen LogP contribution is -2.08. The molecule has 0 radical (unpaired) electrons. The van der Waals surface area contributed by atoms with Crippen molar-refractivity contribution >= 4 is 22.4 Å². The van der Waals surface area contributed by atoms with Crippen LogP contribution < -0.4 is 5.76 Å². The SMILES string of the molecule is Cc1sc(-c2ccc3oc(=O)n(C)c3c2)cc1F. The van der Waals surface area contributed by atoms with Gasteiger partial charge in [0.2, 0.25) is 0 Å². The van der Waals surface area contributed by atoms with Gasteiger partial charge in [0.25, 0.3) is 0 Å². The first kappa shape index (κ1) is 11.2. The predicted molar refractivity (Wildman–Crippen MR) is 69.5 cm³/mol. The Morgan fingerprint density at radius 3 is 2.78 bits per heavy atom. The van der Waals surface area contributed by atoms with E-state index >= 15 is 0 Å². The van der Waals surface area contributed by atoms with Crippen molar-refractivity contribution in [2.45, 2.75) is 6.92 Å². The van der Waals surface area contributed by atoms with Crippen LogP contribution in [0.4, 0.5) is 4.39 Å². The van der Waals surface area contributed by atoms with Crippen molar-refractivity contribution in [3.05, 3.63) is 45.5 Å². The number of rotatable bonds is 1. The predicted octanol–water partition coefficient (Wildman–Crippen LogP) is 3.31. The average molecular weight is 263 g/mol. The minimum absolute atomic E-state index is 0.198. The number of benzene rings is 1. The second kappa shape index (κ2) is 3.81. The van der Waals surface area contributed by atoms with Crippen molar-refractivity contribution in [3.8, 4) is 10.4 Å². The summed E-state index contributed by atoms with van der Waals surface area (Å²) in [5.74, 6) is -0.591. The summed E-state index contributed by atoms with van der Waals surface area (Å²) in [7, 11) is 1.65. The summed E-state index contributed by atoms with van der Waals surface area (Å²) in [5, 5.41) is 0. The van der Waals surface area contributed by atoms with Gasteiger partial charge in [0.1, 0.15) is 5.82 Å². The summed E-state index contributed by atoms with van der Waals surface area (Å²) in [5.41, 5.74) is 2.14.